The van der Waals surface area contributed by atoms with E-state index in [-0.39, 0.29) is 11.3 Å². The molecule has 2 aromatic carbocycles. The molecule has 0 radical (unpaired) electrons. The first-order valence-corrected chi connectivity index (χ1v) is 11.3. The van der Waals surface area contributed by atoms with Crippen LogP contribution in [0.1, 0.15) is 24.0 Å². The van der Waals surface area contributed by atoms with Crippen LogP contribution in [0.15, 0.2) is 46.4 Å². The second-order valence-electron chi connectivity index (χ2n) is 7.23. The summed E-state index contributed by atoms with van der Waals surface area (Å²) in [4.78, 5) is 3.59. The molecule has 0 amide bonds. The van der Waals surface area contributed by atoms with Gasteiger partial charge in [0, 0.05) is 37.1 Å². The van der Waals surface area contributed by atoms with E-state index in [1.165, 1.54) is 13.2 Å². The van der Waals surface area contributed by atoms with Crippen LogP contribution in [0.4, 0.5) is 13.2 Å². The van der Waals surface area contributed by atoms with Gasteiger partial charge in [-0.2, -0.15) is 18.3 Å². The van der Waals surface area contributed by atoms with Crippen LogP contribution >= 0.6 is 0 Å². The molecule has 0 saturated carbocycles. The van der Waals surface area contributed by atoms with Crippen LogP contribution in [0.3, 0.4) is 0 Å². The number of hydrogen-bond acceptors (Lipinski definition) is 6. The van der Waals surface area contributed by atoms with Gasteiger partial charge in [-0.1, -0.05) is 6.07 Å². The molecule has 0 bridgehead atoms. The summed E-state index contributed by atoms with van der Waals surface area (Å²) in [6.45, 7) is 0.753. The van der Waals surface area contributed by atoms with Crippen molar-refractivity contribution in [2.24, 2.45) is 4.99 Å². The van der Waals surface area contributed by atoms with Gasteiger partial charge in [0.25, 0.3) is 9.84 Å². The molecule has 1 N–H and O–H groups in total. The van der Waals surface area contributed by atoms with Crippen molar-refractivity contribution in [3.8, 4) is 11.5 Å². The molecule has 0 atom stereocenters. The van der Waals surface area contributed by atoms with Gasteiger partial charge in [0.2, 0.25) is 0 Å². The molecular formula is C21H20F3N3O4S. The Morgan fingerprint density at radius 1 is 1.16 bits per heavy atom. The van der Waals surface area contributed by atoms with Gasteiger partial charge in [0.1, 0.15) is 11.5 Å². The lowest BCUT2D eigenvalue weighted by Crippen LogP contribution is -2.25. The molecule has 11 heteroatoms. The fraction of sp³-hybridized carbons (Fsp3) is 0.333. The van der Waals surface area contributed by atoms with Crippen LogP contribution in [0.5, 0.6) is 11.5 Å². The summed E-state index contributed by atoms with van der Waals surface area (Å²) in [5.74, 6) is 0.743. The number of methoxy groups -OCH3 is 1. The monoisotopic (exact) mass is 467 g/mol. The molecular weight excluding hydrogens is 447 g/mol. The maximum Gasteiger partial charge on any atom is 0.501 e. The minimum Gasteiger partial charge on any atom is -0.456 e. The lowest BCUT2D eigenvalue weighted by molar-refractivity contribution is -0.0436. The summed E-state index contributed by atoms with van der Waals surface area (Å²) in [7, 11) is -4.02. The normalized spacial score (nSPS) is 15.4. The van der Waals surface area contributed by atoms with Crippen molar-refractivity contribution in [2.45, 2.75) is 29.7 Å². The SMILES string of the molecule is COCCC/N=C1/CCc2c(Oc3cccc4[nH]ncc34)ccc(S(=O)(=O)C(F)(F)F)c21. The topological polar surface area (TPSA) is 93.6 Å². The summed E-state index contributed by atoms with van der Waals surface area (Å²) in [5, 5.41) is 7.49. The number of fused-ring (bicyclic) bond motifs is 2. The van der Waals surface area contributed by atoms with Gasteiger partial charge in [-0.05, 0) is 43.5 Å². The summed E-state index contributed by atoms with van der Waals surface area (Å²) in [6.07, 6.45) is 2.78. The number of alkyl halides is 3. The fourth-order valence-electron chi connectivity index (χ4n) is 3.71. The van der Waals surface area contributed by atoms with Crippen LogP contribution in [-0.4, -0.2) is 50.1 Å². The number of aromatic amines is 1. The van der Waals surface area contributed by atoms with E-state index in [0.717, 1.165) is 11.6 Å². The highest BCUT2D eigenvalue weighted by Gasteiger charge is 2.49. The zero-order valence-corrected chi connectivity index (χ0v) is 17.9. The molecule has 0 unspecified atom stereocenters. The molecule has 3 aromatic rings. The Labute approximate surface area is 182 Å². The van der Waals surface area contributed by atoms with E-state index in [9.17, 15) is 21.6 Å². The maximum absolute atomic E-state index is 13.4. The molecule has 4 rings (SSSR count). The third-order valence-corrected chi connectivity index (χ3v) is 6.73. The number of aliphatic imine (C=N–C) groups is 1. The molecule has 0 spiro atoms. The predicted molar refractivity (Wildman–Crippen MR) is 112 cm³/mol. The molecule has 1 aromatic heterocycles. The van der Waals surface area contributed by atoms with Crippen molar-refractivity contribution in [1.82, 2.24) is 10.2 Å². The second kappa shape index (κ2) is 8.55. The number of nitrogens with one attached hydrogen (secondary N) is 1. The fourth-order valence-corrected chi connectivity index (χ4v) is 4.72. The van der Waals surface area contributed by atoms with Crippen molar-refractivity contribution < 1.29 is 31.1 Å². The van der Waals surface area contributed by atoms with E-state index >= 15 is 0 Å². The quantitative estimate of drug-likeness (QED) is 0.519. The Morgan fingerprint density at radius 3 is 2.72 bits per heavy atom. The highest BCUT2D eigenvalue weighted by Crippen LogP contribution is 2.42. The molecule has 170 valence electrons. The Hall–Kier alpha value is -2.92. The number of ether oxygens (including phenoxy) is 2. The number of rotatable bonds is 7. The van der Waals surface area contributed by atoms with Crippen LogP contribution in [0, 0.1) is 0 Å². The molecule has 1 aliphatic rings. The van der Waals surface area contributed by atoms with Gasteiger partial charge in [-0.25, -0.2) is 8.42 Å². The standard InChI is InChI=1S/C21H20F3N3O4S/c1-30-11-3-10-25-16-7-6-13-18(31-17-5-2-4-15-14(17)12-26-27-15)8-9-19(20(13)16)32(28,29)21(22,23)24/h2,4-5,8-9,12H,3,6-7,10-11H2,1H3,(H,26,27)/b25-16-. The van der Waals surface area contributed by atoms with Crippen molar-refractivity contribution in [3.05, 3.63) is 47.7 Å². The summed E-state index contributed by atoms with van der Waals surface area (Å²) in [5.41, 5.74) is -3.99. The highest BCUT2D eigenvalue weighted by molar-refractivity contribution is 7.92. The van der Waals surface area contributed by atoms with Gasteiger partial charge < -0.3 is 9.47 Å². The summed E-state index contributed by atoms with van der Waals surface area (Å²) >= 11 is 0. The van der Waals surface area contributed by atoms with E-state index in [1.54, 1.807) is 18.3 Å². The van der Waals surface area contributed by atoms with Crippen molar-refractivity contribution in [3.63, 3.8) is 0 Å². The third-order valence-electron chi connectivity index (χ3n) is 5.20. The van der Waals surface area contributed by atoms with Crippen LogP contribution in [0.2, 0.25) is 0 Å². The average Bonchev–Trinajstić information content (AvgIpc) is 3.38. The first-order chi connectivity index (χ1) is 15.2. The maximum atomic E-state index is 13.4. The number of aromatic nitrogens is 2. The van der Waals surface area contributed by atoms with Crippen molar-refractivity contribution in [2.75, 3.05) is 20.3 Å². The molecule has 1 aliphatic carbocycles. The zero-order valence-electron chi connectivity index (χ0n) is 17.1. The number of nitrogens with zero attached hydrogens (tertiary/aromatic N) is 2. The lowest BCUT2D eigenvalue weighted by atomic mass is 10.1. The van der Waals surface area contributed by atoms with Crippen LogP contribution < -0.4 is 4.74 Å². The zero-order chi connectivity index (χ0) is 22.9. The first-order valence-electron chi connectivity index (χ1n) is 9.84. The summed E-state index contributed by atoms with van der Waals surface area (Å²) < 4.78 is 75.7. The minimum atomic E-state index is -5.56. The second-order valence-corrected chi connectivity index (χ2v) is 9.14. The minimum absolute atomic E-state index is 0.0170. The largest absolute Gasteiger partial charge is 0.501 e. The Balaban J connectivity index is 1.81. The molecule has 1 heterocycles. The van der Waals surface area contributed by atoms with Crippen molar-refractivity contribution in [1.29, 1.82) is 0 Å². The number of hydrogen-bond donors (Lipinski definition) is 1. The lowest BCUT2D eigenvalue weighted by Gasteiger charge is -2.16. The van der Waals surface area contributed by atoms with Gasteiger partial charge in [-0.15, -0.1) is 0 Å². The van der Waals surface area contributed by atoms with Gasteiger partial charge in [0.05, 0.1) is 22.0 Å². The average molecular weight is 467 g/mol. The number of H-pyrrole nitrogens is 1. The molecule has 0 saturated heterocycles. The first kappa shape index (κ1) is 22.3. The predicted octanol–water partition coefficient (Wildman–Crippen LogP) is 4.42. The smallest absolute Gasteiger partial charge is 0.456 e. The third kappa shape index (κ3) is 3.97. The van der Waals surface area contributed by atoms with E-state index in [0.29, 0.717) is 54.8 Å². The van der Waals surface area contributed by atoms with E-state index < -0.39 is 20.2 Å². The molecule has 7 nitrogen and oxygen atoms in total. The van der Waals surface area contributed by atoms with E-state index in [4.69, 9.17) is 9.47 Å². The van der Waals surface area contributed by atoms with Crippen LogP contribution in [-0.2, 0) is 21.0 Å². The highest BCUT2D eigenvalue weighted by atomic mass is 32.2. The number of benzene rings is 2. The van der Waals surface area contributed by atoms with Crippen LogP contribution in [0.25, 0.3) is 10.9 Å². The molecule has 32 heavy (non-hydrogen) atoms. The van der Waals surface area contributed by atoms with E-state index in [1.807, 2.05) is 6.07 Å². The van der Waals surface area contributed by atoms with Gasteiger partial charge in [0.15, 0.2) is 0 Å². The summed E-state index contributed by atoms with van der Waals surface area (Å²) in [6, 6.07) is 7.48. The number of sulfone groups is 1. The van der Waals surface area contributed by atoms with E-state index in [2.05, 4.69) is 15.2 Å². The Kier molecular flexibility index (Phi) is 5.95. The van der Waals surface area contributed by atoms with Gasteiger partial charge >= 0.3 is 5.51 Å². The van der Waals surface area contributed by atoms with Crippen molar-refractivity contribution >= 4 is 26.5 Å². The van der Waals surface area contributed by atoms with Gasteiger partial charge in [-0.3, -0.25) is 10.1 Å². The number of halogens is 3. The Bertz CT molecular complexity index is 1280. The Morgan fingerprint density at radius 2 is 1.97 bits per heavy atom. The molecule has 0 fully saturated rings. The molecule has 0 aliphatic heterocycles.